The minimum atomic E-state index is -0.638. The summed E-state index contributed by atoms with van der Waals surface area (Å²) < 4.78 is 4.54. The van der Waals surface area contributed by atoms with Crippen molar-refractivity contribution < 1.29 is 14.3 Å². The van der Waals surface area contributed by atoms with E-state index in [2.05, 4.69) is 14.8 Å². The molecule has 1 aliphatic rings. The molecule has 7 nitrogen and oxygen atoms in total. The van der Waals surface area contributed by atoms with E-state index in [-0.39, 0.29) is 5.70 Å². The molecule has 0 saturated heterocycles. The maximum Gasteiger partial charge on any atom is 0.332 e. The van der Waals surface area contributed by atoms with E-state index in [9.17, 15) is 9.59 Å². The number of hydrogen-bond donors (Lipinski definition) is 0. The van der Waals surface area contributed by atoms with Crippen LogP contribution in [0, 0.1) is 0 Å². The van der Waals surface area contributed by atoms with E-state index in [1.165, 1.54) is 12.1 Å². The first-order valence-corrected chi connectivity index (χ1v) is 6.94. The van der Waals surface area contributed by atoms with Crippen LogP contribution in [-0.4, -0.2) is 54.7 Å². The molecule has 0 saturated carbocycles. The molecular weight excluding hydrogens is 296 g/mol. The second kappa shape index (κ2) is 6.87. The van der Waals surface area contributed by atoms with Gasteiger partial charge in [-0.2, -0.15) is 10.1 Å². The second-order valence-electron chi connectivity index (χ2n) is 5.03. The van der Waals surface area contributed by atoms with Crippen molar-refractivity contribution in [2.75, 3.05) is 21.2 Å². The van der Waals surface area contributed by atoms with Crippen LogP contribution >= 0.6 is 0 Å². The number of guanidine groups is 1. The molecule has 0 unspecified atom stereocenters. The van der Waals surface area contributed by atoms with Crippen LogP contribution in [0.2, 0.25) is 0 Å². The van der Waals surface area contributed by atoms with Crippen LogP contribution in [-0.2, 0) is 14.3 Å². The molecule has 0 radical (unpaired) electrons. The number of carbonyl (C=O) groups is 2. The first-order chi connectivity index (χ1) is 10.9. The first kappa shape index (κ1) is 16.4. The Bertz CT molecular complexity index is 705. The van der Waals surface area contributed by atoms with Crippen molar-refractivity contribution in [3.8, 4) is 0 Å². The van der Waals surface area contributed by atoms with E-state index in [0.29, 0.717) is 11.7 Å². The lowest BCUT2D eigenvalue weighted by molar-refractivity contribution is -0.135. The van der Waals surface area contributed by atoms with Crippen molar-refractivity contribution in [3.63, 3.8) is 0 Å². The predicted molar refractivity (Wildman–Crippen MR) is 86.7 cm³/mol. The third-order valence-electron chi connectivity index (χ3n) is 3.12. The maximum atomic E-state index is 12.4. The Hall–Kier alpha value is -2.96. The number of esters is 1. The van der Waals surface area contributed by atoms with Gasteiger partial charge in [-0.25, -0.2) is 9.79 Å². The highest BCUT2D eigenvalue weighted by Gasteiger charge is 2.32. The number of nitrogens with zero attached hydrogens (tertiary/aromatic N) is 4. The number of aliphatic imine (C=N–C) groups is 1. The summed E-state index contributed by atoms with van der Waals surface area (Å²) in [7, 11) is 4.73. The van der Waals surface area contributed by atoms with Crippen LogP contribution in [0.15, 0.2) is 52.2 Å². The number of hydrazone groups is 1. The van der Waals surface area contributed by atoms with Crippen molar-refractivity contribution in [1.29, 1.82) is 0 Å². The highest BCUT2D eigenvalue weighted by molar-refractivity contribution is 6.14. The van der Waals surface area contributed by atoms with Crippen LogP contribution in [0.1, 0.15) is 12.5 Å². The molecule has 0 spiro atoms. The minimum Gasteiger partial charge on any atom is -0.466 e. The number of hydrogen-bond acceptors (Lipinski definition) is 6. The smallest absolute Gasteiger partial charge is 0.332 e. The molecule has 23 heavy (non-hydrogen) atoms. The monoisotopic (exact) mass is 314 g/mol. The summed E-state index contributed by atoms with van der Waals surface area (Å²) in [5.41, 5.74) is 1.54. The Balaban J connectivity index is 2.38. The van der Waals surface area contributed by atoms with Crippen LogP contribution in [0.3, 0.4) is 0 Å². The largest absolute Gasteiger partial charge is 0.466 e. The van der Waals surface area contributed by atoms with E-state index in [1.54, 1.807) is 25.9 Å². The van der Waals surface area contributed by atoms with Gasteiger partial charge in [0.1, 0.15) is 5.70 Å². The van der Waals surface area contributed by atoms with Crippen molar-refractivity contribution in [2.45, 2.75) is 6.92 Å². The molecule has 1 heterocycles. The van der Waals surface area contributed by atoms with E-state index in [1.807, 2.05) is 30.3 Å². The lowest BCUT2D eigenvalue weighted by Gasteiger charge is -2.19. The number of rotatable bonds is 3. The van der Waals surface area contributed by atoms with E-state index in [0.717, 1.165) is 11.6 Å². The molecule has 120 valence electrons. The topological polar surface area (TPSA) is 74.6 Å². The first-order valence-electron chi connectivity index (χ1n) is 6.94. The summed E-state index contributed by atoms with van der Waals surface area (Å²) in [6.07, 6.45) is 1.05. The summed E-state index contributed by atoms with van der Waals surface area (Å²) in [6, 6.07) is 9.49. The highest BCUT2D eigenvalue weighted by atomic mass is 16.5. The summed E-state index contributed by atoms with van der Waals surface area (Å²) in [6.45, 7) is 1.80. The fourth-order valence-electron chi connectivity index (χ4n) is 1.93. The number of ether oxygens (including phenoxy) is 1. The van der Waals surface area contributed by atoms with Crippen LogP contribution in [0.25, 0.3) is 0 Å². The van der Waals surface area contributed by atoms with Gasteiger partial charge in [-0.1, -0.05) is 30.3 Å². The summed E-state index contributed by atoms with van der Waals surface area (Å²) in [5.74, 6) is -0.782. The van der Waals surface area contributed by atoms with Gasteiger partial charge >= 0.3 is 5.97 Å². The Morgan fingerprint density at radius 1 is 1.30 bits per heavy atom. The summed E-state index contributed by atoms with van der Waals surface area (Å²) in [5, 5.41) is 5.53. The van der Waals surface area contributed by atoms with Gasteiger partial charge in [0.25, 0.3) is 5.91 Å². The molecule has 1 amide bonds. The van der Waals surface area contributed by atoms with Gasteiger partial charge in [-0.15, -0.1) is 0 Å². The predicted octanol–water partition coefficient (Wildman–Crippen LogP) is 1.23. The van der Waals surface area contributed by atoms with Crippen molar-refractivity contribution in [3.05, 3.63) is 47.7 Å². The summed E-state index contributed by atoms with van der Waals surface area (Å²) in [4.78, 5) is 29.6. The Morgan fingerprint density at radius 3 is 2.52 bits per heavy atom. The van der Waals surface area contributed by atoms with Gasteiger partial charge in [0.05, 0.1) is 18.9 Å². The number of carbonyl (C=O) groups excluding carboxylic acids is 2. The zero-order valence-corrected chi connectivity index (χ0v) is 13.5. The van der Waals surface area contributed by atoms with Crippen LogP contribution in [0.5, 0.6) is 0 Å². The molecule has 0 bridgehead atoms. The maximum absolute atomic E-state index is 12.4. The van der Waals surface area contributed by atoms with Crippen LogP contribution < -0.4 is 0 Å². The Kier molecular flexibility index (Phi) is 4.90. The molecular formula is C16H18N4O3. The van der Waals surface area contributed by atoms with Crippen molar-refractivity contribution in [1.82, 2.24) is 9.91 Å². The third kappa shape index (κ3) is 3.63. The quantitative estimate of drug-likeness (QED) is 0.478. The molecule has 2 rings (SSSR count). The lowest BCUT2D eigenvalue weighted by atomic mass is 10.1. The van der Waals surface area contributed by atoms with E-state index < -0.39 is 11.9 Å². The van der Waals surface area contributed by atoms with Crippen LogP contribution in [0.4, 0.5) is 0 Å². The normalized spacial score (nSPS) is 16.6. The van der Waals surface area contributed by atoms with Gasteiger partial charge < -0.3 is 9.64 Å². The van der Waals surface area contributed by atoms with Gasteiger partial charge in [-0.3, -0.25) is 4.79 Å². The zero-order valence-electron chi connectivity index (χ0n) is 13.5. The number of amides is 1. The van der Waals surface area contributed by atoms with Gasteiger partial charge in [0.2, 0.25) is 5.96 Å². The van der Waals surface area contributed by atoms with Crippen molar-refractivity contribution >= 4 is 23.5 Å². The molecule has 0 fully saturated rings. The molecule has 0 N–H and O–H groups in total. The number of methoxy groups -OCH3 is 1. The standard InChI is InChI=1S/C16H18N4O3/c1-11(12-8-6-5-7-9-12)18-20-15(22)13(10-14(21)23-4)17-16(20)19(2)3/h5-10H,1-4H3/b13-10+,18-11+. The molecule has 0 aromatic heterocycles. The average molecular weight is 314 g/mol. The number of benzene rings is 1. The molecule has 0 aliphatic carbocycles. The Labute approximate surface area is 134 Å². The molecule has 1 aliphatic heterocycles. The van der Waals surface area contributed by atoms with Gasteiger partial charge in [0, 0.05) is 14.1 Å². The molecule has 0 atom stereocenters. The summed E-state index contributed by atoms with van der Waals surface area (Å²) >= 11 is 0. The average Bonchev–Trinajstić information content (AvgIpc) is 2.85. The molecule has 7 heteroatoms. The fraction of sp³-hybridized carbons (Fsp3) is 0.250. The highest BCUT2D eigenvalue weighted by Crippen LogP contribution is 2.17. The zero-order chi connectivity index (χ0) is 17.0. The van der Waals surface area contributed by atoms with Gasteiger partial charge in [0.15, 0.2) is 0 Å². The van der Waals surface area contributed by atoms with Crippen molar-refractivity contribution in [2.24, 2.45) is 10.1 Å². The molecule has 1 aromatic rings. The SMILES string of the molecule is COC(=O)/C=C1/N=C(N(C)C)N(/N=C(\C)c2ccccc2)C1=O. The lowest BCUT2D eigenvalue weighted by Crippen LogP contribution is -2.37. The Morgan fingerprint density at radius 2 is 1.96 bits per heavy atom. The minimum absolute atomic E-state index is 0.00911. The fourth-order valence-corrected chi connectivity index (χ4v) is 1.93. The second-order valence-corrected chi connectivity index (χ2v) is 5.03. The van der Waals surface area contributed by atoms with Gasteiger partial charge in [-0.05, 0) is 12.5 Å². The molecule has 1 aromatic carbocycles. The van der Waals surface area contributed by atoms with E-state index >= 15 is 0 Å². The van der Waals surface area contributed by atoms with E-state index in [4.69, 9.17) is 0 Å². The third-order valence-corrected chi connectivity index (χ3v) is 3.12.